The third-order valence-electron chi connectivity index (χ3n) is 6.33. The lowest BCUT2D eigenvalue weighted by atomic mass is 10.2. The van der Waals surface area contributed by atoms with E-state index >= 15 is 0 Å². The number of fused-ring (bicyclic) bond motifs is 1. The number of anilines is 4. The molecule has 0 aliphatic carbocycles. The number of carbonyl (C=O) groups is 2. The summed E-state index contributed by atoms with van der Waals surface area (Å²) in [6.45, 7) is 0.671. The fourth-order valence-corrected chi connectivity index (χ4v) is 4.33. The fraction of sp³-hybridized carbons (Fsp3) is 0.125. The molecule has 5 aromatic rings. The molecule has 0 saturated carbocycles. The Hall–Kier alpha value is -5.48. The number of carbonyl (C=O) groups excluding carboxylic acids is 2. The molecule has 5 rings (SSSR count). The summed E-state index contributed by atoms with van der Waals surface area (Å²) in [5, 5.41) is 9.90. The molecule has 0 spiro atoms. The monoisotopic (exact) mass is 561 g/mol. The number of ether oxygens (including phenoxy) is 1. The molecule has 0 aliphatic heterocycles. The van der Waals surface area contributed by atoms with Gasteiger partial charge in [-0.25, -0.2) is 4.98 Å². The van der Waals surface area contributed by atoms with Crippen LogP contribution in [0.1, 0.15) is 10.4 Å². The van der Waals surface area contributed by atoms with Crippen LogP contribution in [0.5, 0.6) is 5.75 Å². The van der Waals surface area contributed by atoms with E-state index in [2.05, 4.69) is 25.9 Å². The Morgan fingerprint density at radius 3 is 2.50 bits per heavy atom. The summed E-state index contributed by atoms with van der Waals surface area (Å²) in [4.78, 5) is 35.9. The summed E-state index contributed by atoms with van der Waals surface area (Å²) in [6.07, 6.45) is 6.90. The van der Waals surface area contributed by atoms with Crippen LogP contribution in [0.2, 0.25) is 0 Å². The molecular formula is C32H31N7O3. The van der Waals surface area contributed by atoms with Gasteiger partial charge < -0.3 is 30.2 Å². The standard InChI is InChI=1S/C32H31N7O3/c1-38(2)19-6-11-30(40)34-23-14-12-22(13-15-23)31(41)35-24-7-4-8-25(21-24)36-32-33-18-16-29(37-32)39-20-17-26-27(39)9-5-10-28(26)42-3/h4-18,20-21H,19H2,1-3H3,(H,34,40)(H,35,41)(H,33,36,37)/b11-6+. The lowest BCUT2D eigenvalue weighted by Gasteiger charge is -2.11. The van der Waals surface area contributed by atoms with Crippen molar-refractivity contribution in [3.63, 3.8) is 0 Å². The number of nitrogens with one attached hydrogen (secondary N) is 3. The van der Waals surface area contributed by atoms with E-state index in [-0.39, 0.29) is 11.8 Å². The Bertz CT molecular complexity index is 1740. The highest BCUT2D eigenvalue weighted by molar-refractivity contribution is 6.05. The fourth-order valence-electron chi connectivity index (χ4n) is 4.33. The number of hydrogen-bond donors (Lipinski definition) is 3. The van der Waals surface area contributed by atoms with Gasteiger partial charge in [-0.05, 0) is 80.8 Å². The molecule has 0 saturated heterocycles. The Morgan fingerprint density at radius 1 is 0.929 bits per heavy atom. The predicted octanol–water partition coefficient (Wildman–Crippen LogP) is 5.48. The topological polar surface area (TPSA) is 113 Å². The van der Waals surface area contributed by atoms with Crippen molar-refractivity contribution in [3.05, 3.63) is 109 Å². The van der Waals surface area contributed by atoms with Crippen LogP contribution in [0, 0.1) is 0 Å². The average molecular weight is 562 g/mol. The highest BCUT2D eigenvalue weighted by Crippen LogP contribution is 2.28. The van der Waals surface area contributed by atoms with Crippen LogP contribution in [-0.2, 0) is 4.79 Å². The maximum absolute atomic E-state index is 12.9. The molecule has 0 atom stereocenters. The molecule has 3 N–H and O–H groups in total. The lowest BCUT2D eigenvalue weighted by Crippen LogP contribution is -2.13. The third-order valence-corrected chi connectivity index (χ3v) is 6.33. The molecule has 10 heteroatoms. The van der Waals surface area contributed by atoms with Gasteiger partial charge in [0.1, 0.15) is 11.6 Å². The molecule has 2 amide bonds. The van der Waals surface area contributed by atoms with Crippen molar-refractivity contribution in [3.8, 4) is 11.6 Å². The highest BCUT2D eigenvalue weighted by Gasteiger charge is 2.11. The number of methoxy groups -OCH3 is 1. The predicted molar refractivity (Wildman–Crippen MR) is 166 cm³/mol. The summed E-state index contributed by atoms with van der Waals surface area (Å²) in [5.41, 5.74) is 3.35. The van der Waals surface area contributed by atoms with Gasteiger partial charge in [0.2, 0.25) is 11.9 Å². The van der Waals surface area contributed by atoms with Gasteiger partial charge in [-0.15, -0.1) is 0 Å². The largest absolute Gasteiger partial charge is 0.496 e. The van der Waals surface area contributed by atoms with Gasteiger partial charge in [0.05, 0.1) is 12.6 Å². The smallest absolute Gasteiger partial charge is 0.255 e. The van der Waals surface area contributed by atoms with Crippen LogP contribution in [0.4, 0.5) is 23.0 Å². The zero-order chi connectivity index (χ0) is 29.5. The quantitative estimate of drug-likeness (QED) is 0.194. The molecule has 2 heterocycles. The summed E-state index contributed by atoms with van der Waals surface area (Å²) in [5.74, 6) is 1.40. The molecule has 0 radical (unpaired) electrons. The first kappa shape index (κ1) is 28.1. The van der Waals surface area contributed by atoms with Crippen molar-refractivity contribution in [2.24, 2.45) is 0 Å². The van der Waals surface area contributed by atoms with Gasteiger partial charge in [-0.3, -0.25) is 9.59 Å². The number of amides is 2. The first-order valence-corrected chi connectivity index (χ1v) is 13.3. The maximum atomic E-state index is 12.9. The van der Waals surface area contributed by atoms with Crippen LogP contribution in [0.3, 0.4) is 0 Å². The van der Waals surface area contributed by atoms with Gasteiger partial charge in [0.25, 0.3) is 5.91 Å². The summed E-state index contributed by atoms with van der Waals surface area (Å²) < 4.78 is 7.45. The summed E-state index contributed by atoms with van der Waals surface area (Å²) >= 11 is 0. The van der Waals surface area contributed by atoms with Crippen molar-refractivity contribution in [2.45, 2.75) is 0 Å². The minimum Gasteiger partial charge on any atom is -0.496 e. The van der Waals surface area contributed by atoms with E-state index in [0.717, 1.165) is 16.7 Å². The van der Waals surface area contributed by atoms with E-state index in [1.165, 1.54) is 6.08 Å². The Labute approximate surface area is 243 Å². The molecule has 3 aromatic carbocycles. The van der Waals surface area contributed by atoms with Crippen LogP contribution < -0.4 is 20.7 Å². The van der Waals surface area contributed by atoms with E-state index in [1.807, 2.05) is 72.2 Å². The molecule has 0 fully saturated rings. The number of benzene rings is 3. The van der Waals surface area contributed by atoms with E-state index in [0.29, 0.717) is 40.9 Å². The Kier molecular flexibility index (Phi) is 8.55. The normalized spacial score (nSPS) is 11.1. The summed E-state index contributed by atoms with van der Waals surface area (Å²) in [6, 6.07) is 23.7. The zero-order valence-corrected chi connectivity index (χ0v) is 23.5. The van der Waals surface area contributed by atoms with Crippen LogP contribution in [0.15, 0.2) is 103 Å². The number of nitrogens with zero attached hydrogens (tertiary/aromatic N) is 4. The second kappa shape index (κ2) is 12.8. The van der Waals surface area contributed by atoms with Crippen molar-refractivity contribution in [2.75, 3.05) is 43.7 Å². The Morgan fingerprint density at radius 2 is 1.71 bits per heavy atom. The van der Waals surface area contributed by atoms with Gasteiger partial charge in [0, 0.05) is 53.0 Å². The Balaban J connectivity index is 1.23. The van der Waals surface area contributed by atoms with Crippen molar-refractivity contribution in [1.29, 1.82) is 0 Å². The number of aromatic nitrogens is 3. The van der Waals surface area contributed by atoms with Crippen LogP contribution >= 0.6 is 0 Å². The van der Waals surface area contributed by atoms with E-state index < -0.39 is 0 Å². The third kappa shape index (κ3) is 6.80. The van der Waals surface area contributed by atoms with Gasteiger partial charge in [-0.1, -0.05) is 18.2 Å². The van der Waals surface area contributed by atoms with Crippen LogP contribution in [0.25, 0.3) is 16.7 Å². The minimum atomic E-state index is -0.274. The van der Waals surface area contributed by atoms with Crippen molar-refractivity contribution < 1.29 is 14.3 Å². The van der Waals surface area contributed by atoms with Crippen LogP contribution in [-0.4, -0.2) is 59.0 Å². The zero-order valence-electron chi connectivity index (χ0n) is 23.5. The molecule has 10 nitrogen and oxygen atoms in total. The SMILES string of the molecule is COc1cccc2c1ccn2-c1ccnc(Nc2cccc(NC(=O)c3ccc(NC(=O)/C=C/CN(C)C)cc3)c2)n1. The van der Waals surface area contributed by atoms with Crippen molar-refractivity contribution in [1.82, 2.24) is 19.4 Å². The maximum Gasteiger partial charge on any atom is 0.255 e. The minimum absolute atomic E-state index is 0.227. The van der Waals surface area contributed by atoms with Gasteiger partial charge in [0.15, 0.2) is 0 Å². The second-order valence-corrected chi connectivity index (χ2v) is 9.71. The average Bonchev–Trinajstić information content (AvgIpc) is 3.42. The summed E-state index contributed by atoms with van der Waals surface area (Å²) in [7, 11) is 5.51. The first-order chi connectivity index (χ1) is 20.4. The molecule has 2 aromatic heterocycles. The molecular weight excluding hydrogens is 530 g/mol. The molecule has 0 bridgehead atoms. The first-order valence-electron chi connectivity index (χ1n) is 13.3. The molecule has 0 unspecified atom stereocenters. The van der Waals surface area contributed by atoms with Gasteiger partial charge >= 0.3 is 0 Å². The number of hydrogen-bond acceptors (Lipinski definition) is 7. The van der Waals surface area contributed by atoms with Gasteiger partial charge in [-0.2, -0.15) is 4.98 Å². The molecule has 212 valence electrons. The highest BCUT2D eigenvalue weighted by atomic mass is 16.5. The number of likely N-dealkylation sites (N-methyl/N-ethyl adjacent to an activating group) is 1. The lowest BCUT2D eigenvalue weighted by molar-refractivity contribution is -0.111. The van der Waals surface area contributed by atoms with E-state index in [9.17, 15) is 9.59 Å². The number of rotatable bonds is 10. The molecule has 42 heavy (non-hydrogen) atoms. The van der Waals surface area contributed by atoms with Crippen molar-refractivity contribution >= 4 is 45.7 Å². The second-order valence-electron chi connectivity index (χ2n) is 9.71. The van der Waals surface area contributed by atoms with E-state index in [4.69, 9.17) is 4.74 Å². The van der Waals surface area contributed by atoms with E-state index in [1.54, 1.807) is 55.8 Å². The molecule has 0 aliphatic rings.